The zero-order valence-electron chi connectivity index (χ0n) is 10.4. The molecule has 0 bridgehead atoms. The molecule has 0 aromatic carbocycles. The van der Waals surface area contributed by atoms with Crippen LogP contribution in [0.4, 0.5) is 11.6 Å². The number of aromatic nitrogens is 1. The number of pyridine rings is 1. The molecule has 19 heavy (non-hydrogen) atoms. The lowest BCUT2D eigenvalue weighted by molar-refractivity contribution is 0.913. The number of nitrogens with one attached hydrogen (secondary N) is 1. The number of hydrogen-bond acceptors (Lipinski definition) is 4. The first-order valence-electron chi connectivity index (χ1n) is 5.50. The first-order valence-corrected chi connectivity index (χ1v) is 7.45. The van der Waals surface area contributed by atoms with Crippen LogP contribution < -0.4 is 10.2 Å². The summed E-state index contributed by atoms with van der Waals surface area (Å²) >= 11 is 19.7. The van der Waals surface area contributed by atoms with Crippen LogP contribution >= 0.6 is 46.1 Å². The number of halogens is 3. The van der Waals surface area contributed by atoms with Gasteiger partial charge in [-0.2, -0.15) is 0 Å². The van der Waals surface area contributed by atoms with Gasteiger partial charge in [0.2, 0.25) is 0 Å². The molecule has 0 spiro atoms. The average Bonchev–Trinajstić information content (AvgIpc) is 2.74. The molecule has 0 aliphatic heterocycles. The zero-order chi connectivity index (χ0) is 14.0. The Hall–Kier alpha value is -0.680. The Morgan fingerprint density at radius 1 is 1.26 bits per heavy atom. The van der Waals surface area contributed by atoms with Gasteiger partial charge in [0.25, 0.3) is 0 Å². The van der Waals surface area contributed by atoms with E-state index in [-0.39, 0.29) is 0 Å². The molecule has 0 aliphatic rings. The minimum Gasteiger partial charge on any atom is -0.372 e. The van der Waals surface area contributed by atoms with E-state index < -0.39 is 0 Å². The molecule has 102 valence electrons. The molecular formula is C12H12Cl3N3S. The monoisotopic (exact) mass is 335 g/mol. The van der Waals surface area contributed by atoms with Gasteiger partial charge in [0.15, 0.2) is 0 Å². The predicted octanol–water partition coefficient (Wildman–Crippen LogP) is 4.78. The van der Waals surface area contributed by atoms with Gasteiger partial charge < -0.3 is 10.2 Å². The molecule has 0 atom stereocenters. The van der Waals surface area contributed by atoms with Gasteiger partial charge in [-0.25, -0.2) is 4.98 Å². The van der Waals surface area contributed by atoms with Crippen molar-refractivity contribution in [1.82, 2.24) is 4.98 Å². The Bertz CT molecular complexity index is 586. The smallest absolute Gasteiger partial charge is 0.150 e. The SMILES string of the molecule is CNc1nc(N(C)Cc2ccc(Cl)s2)c(Cl)cc1Cl. The van der Waals surface area contributed by atoms with Gasteiger partial charge >= 0.3 is 0 Å². The van der Waals surface area contributed by atoms with Gasteiger partial charge in [0, 0.05) is 19.0 Å². The molecule has 0 amide bonds. The van der Waals surface area contributed by atoms with Crippen LogP contribution in [0.2, 0.25) is 14.4 Å². The van der Waals surface area contributed by atoms with Crippen molar-refractivity contribution in [3.63, 3.8) is 0 Å². The molecule has 0 saturated heterocycles. The highest BCUT2D eigenvalue weighted by Gasteiger charge is 2.13. The largest absolute Gasteiger partial charge is 0.372 e. The van der Waals surface area contributed by atoms with E-state index in [2.05, 4.69) is 10.3 Å². The van der Waals surface area contributed by atoms with Crippen LogP contribution in [0.3, 0.4) is 0 Å². The molecule has 3 nitrogen and oxygen atoms in total. The molecule has 2 aromatic heterocycles. The van der Waals surface area contributed by atoms with Crippen molar-refractivity contribution in [2.75, 3.05) is 24.3 Å². The first kappa shape index (κ1) is 14.7. The van der Waals surface area contributed by atoms with E-state index in [4.69, 9.17) is 34.8 Å². The van der Waals surface area contributed by atoms with Crippen molar-refractivity contribution in [3.8, 4) is 0 Å². The zero-order valence-corrected chi connectivity index (χ0v) is 13.5. The van der Waals surface area contributed by atoms with Crippen LogP contribution in [-0.4, -0.2) is 19.1 Å². The van der Waals surface area contributed by atoms with Gasteiger partial charge in [-0.1, -0.05) is 34.8 Å². The van der Waals surface area contributed by atoms with Crippen LogP contribution in [0.15, 0.2) is 18.2 Å². The summed E-state index contributed by atoms with van der Waals surface area (Å²) in [6, 6.07) is 5.56. The van der Waals surface area contributed by atoms with E-state index in [1.165, 1.54) is 0 Å². The van der Waals surface area contributed by atoms with Crippen LogP contribution in [0, 0.1) is 0 Å². The van der Waals surface area contributed by atoms with Crippen molar-refractivity contribution in [2.45, 2.75) is 6.54 Å². The maximum atomic E-state index is 6.19. The summed E-state index contributed by atoms with van der Waals surface area (Å²) in [6.45, 7) is 0.689. The Labute approximate surface area is 131 Å². The summed E-state index contributed by atoms with van der Waals surface area (Å²) in [7, 11) is 3.69. The standard InChI is InChI=1S/C12H12Cl3N3S/c1-16-11-8(13)5-9(14)12(17-11)18(2)6-7-3-4-10(15)19-7/h3-5H,6H2,1-2H3,(H,16,17). The van der Waals surface area contributed by atoms with Crippen molar-refractivity contribution in [1.29, 1.82) is 0 Å². The number of rotatable bonds is 4. The highest BCUT2D eigenvalue weighted by molar-refractivity contribution is 7.16. The van der Waals surface area contributed by atoms with Gasteiger partial charge in [-0.05, 0) is 18.2 Å². The van der Waals surface area contributed by atoms with Crippen LogP contribution in [0.1, 0.15) is 4.88 Å². The fraction of sp³-hybridized carbons (Fsp3) is 0.250. The number of anilines is 2. The molecule has 0 saturated carbocycles. The fourth-order valence-corrected chi connectivity index (χ4v) is 3.38. The van der Waals surface area contributed by atoms with E-state index in [9.17, 15) is 0 Å². The Balaban J connectivity index is 2.25. The van der Waals surface area contributed by atoms with E-state index >= 15 is 0 Å². The highest BCUT2D eigenvalue weighted by atomic mass is 35.5. The van der Waals surface area contributed by atoms with E-state index in [1.807, 2.05) is 24.1 Å². The van der Waals surface area contributed by atoms with E-state index in [0.717, 1.165) is 9.21 Å². The normalized spacial score (nSPS) is 10.6. The number of hydrogen-bond donors (Lipinski definition) is 1. The first-order chi connectivity index (χ1) is 9.01. The Morgan fingerprint density at radius 3 is 2.58 bits per heavy atom. The lowest BCUT2D eigenvalue weighted by atomic mass is 10.3. The number of thiophene rings is 1. The third-order valence-electron chi connectivity index (χ3n) is 2.53. The van der Waals surface area contributed by atoms with Crippen LogP contribution in [0.5, 0.6) is 0 Å². The average molecular weight is 337 g/mol. The third-order valence-corrected chi connectivity index (χ3v) is 4.31. The molecule has 0 radical (unpaired) electrons. The second kappa shape index (κ2) is 6.18. The molecule has 2 rings (SSSR count). The van der Waals surface area contributed by atoms with E-state index in [1.54, 1.807) is 24.5 Å². The second-order valence-electron chi connectivity index (χ2n) is 3.94. The van der Waals surface area contributed by atoms with Crippen LogP contribution in [-0.2, 0) is 6.54 Å². The number of nitrogens with zero attached hydrogens (tertiary/aromatic N) is 2. The Morgan fingerprint density at radius 2 is 2.00 bits per heavy atom. The maximum absolute atomic E-state index is 6.19. The summed E-state index contributed by atoms with van der Waals surface area (Å²) in [6.07, 6.45) is 0. The Kier molecular flexibility index (Phi) is 4.79. The molecule has 7 heteroatoms. The molecule has 0 unspecified atom stereocenters. The minimum atomic E-state index is 0.504. The summed E-state index contributed by atoms with van der Waals surface area (Å²) in [5.74, 6) is 1.29. The van der Waals surface area contributed by atoms with Gasteiger partial charge in [0.1, 0.15) is 11.6 Å². The summed E-state index contributed by atoms with van der Waals surface area (Å²) in [5.41, 5.74) is 0. The van der Waals surface area contributed by atoms with Crippen molar-refractivity contribution in [2.24, 2.45) is 0 Å². The lowest BCUT2D eigenvalue weighted by Gasteiger charge is -2.19. The third kappa shape index (κ3) is 3.45. The summed E-state index contributed by atoms with van der Waals surface area (Å²) in [5, 5.41) is 3.96. The fourth-order valence-electron chi connectivity index (χ4n) is 1.65. The summed E-state index contributed by atoms with van der Waals surface area (Å²) in [4.78, 5) is 7.52. The van der Waals surface area contributed by atoms with Gasteiger partial charge in [-0.15, -0.1) is 11.3 Å². The molecule has 2 heterocycles. The van der Waals surface area contributed by atoms with Crippen molar-refractivity contribution in [3.05, 3.63) is 37.5 Å². The molecule has 0 aliphatic carbocycles. The van der Waals surface area contributed by atoms with E-state index in [0.29, 0.717) is 28.2 Å². The molecular weight excluding hydrogens is 325 g/mol. The maximum Gasteiger partial charge on any atom is 0.150 e. The van der Waals surface area contributed by atoms with Gasteiger partial charge in [0.05, 0.1) is 20.9 Å². The predicted molar refractivity (Wildman–Crippen MR) is 85.2 cm³/mol. The highest BCUT2D eigenvalue weighted by Crippen LogP contribution is 2.32. The molecule has 0 fully saturated rings. The lowest BCUT2D eigenvalue weighted by Crippen LogP contribution is -2.18. The minimum absolute atomic E-state index is 0.504. The molecule has 1 N–H and O–H groups in total. The van der Waals surface area contributed by atoms with Crippen LogP contribution in [0.25, 0.3) is 0 Å². The molecule has 2 aromatic rings. The van der Waals surface area contributed by atoms with Crippen molar-refractivity contribution < 1.29 is 0 Å². The quantitative estimate of drug-likeness (QED) is 0.870. The topological polar surface area (TPSA) is 28.2 Å². The summed E-state index contributed by atoms with van der Waals surface area (Å²) < 4.78 is 0.773. The second-order valence-corrected chi connectivity index (χ2v) is 6.55. The van der Waals surface area contributed by atoms with Gasteiger partial charge in [-0.3, -0.25) is 0 Å². The van der Waals surface area contributed by atoms with Crippen molar-refractivity contribution >= 4 is 57.8 Å².